The van der Waals surface area contributed by atoms with Gasteiger partial charge >= 0.3 is 5.76 Å². The molecule has 0 aromatic heterocycles. The smallest absolute Gasteiger partial charge is 0.341 e. The summed E-state index contributed by atoms with van der Waals surface area (Å²) in [6.45, 7) is 0.490. The Kier molecular flexibility index (Phi) is 4.86. The second kappa shape index (κ2) is 6.26. The molecule has 1 fully saturated rings. The van der Waals surface area contributed by atoms with Crippen LogP contribution in [0.1, 0.15) is 19.3 Å². The van der Waals surface area contributed by atoms with Gasteiger partial charge in [0.1, 0.15) is 0 Å². The molecule has 0 amide bonds. The van der Waals surface area contributed by atoms with E-state index in [4.69, 9.17) is 11.6 Å². The fourth-order valence-electron chi connectivity index (χ4n) is 2.42. The molecule has 2 unspecified atom stereocenters. The summed E-state index contributed by atoms with van der Waals surface area (Å²) < 4.78 is 48.5. The van der Waals surface area contributed by atoms with Gasteiger partial charge < -0.3 is 5.32 Å². The van der Waals surface area contributed by atoms with Gasteiger partial charge in [-0.3, -0.25) is 0 Å². The molecule has 2 atom stereocenters. The zero-order valence-electron chi connectivity index (χ0n) is 10.7. The topological polar surface area (TPSA) is 46.2 Å². The molecular weight excluding hydrogens is 308 g/mol. The van der Waals surface area contributed by atoms with Gasteiger partial charge in [-0.1, -0.05) is 18.6 Å². The molecule has 1 saturated carbocycles. The number of hydrogen-bond donors (Lipinski definition) is 1. The molecule has 1 aromatic carbocycles. The van der Waals surface area contributed by atoms with E-state index in [0.29, 0.717) is 6.54 Å². The van der Waals surface area contributed by atoms with Crippen LogP contribution < -0.4 is 5.32 Å². The van der Waals surface area contributed by atoms with Crippen molar-refractivity contribution in [3.63, 3.8) is 0 Å². The SMILES string of the molecule is O=S(=O)(c1ccccc1NCC1CCCC1Cl)C(F)F. The summed E-state index contributed by atoms with van der Waals surface area (Å²) >= 11 is 6.15. The molecular formula is C13H16ClF2NO2S. The lowest BCUT2D eigenvalue weighted by molar-refractivity contribution is 0.235. The van der Waals surface area contributed by atoms with Crippen LogP contribution in [-0.2, 0) is 9.84 Å². The second-order valence-corrected chi connectivity index (χ2v) is 7.34. The van der Waals surface area contributed by atoms with E-state index in [1.54, 1.807) is 6.07 Å². The Balaban J connectivity index is 2.16. The highest BCUT2D eigenvalue weighted by Gasteiger charge is 2.30. The molecule has 0 aliphatic heterocycles. The number of sulfone groups is 1. The summed E-state index contributed by atoms with van der Waals surface area (Å²) in [5.41, 5.74) is 0.212. The Labute approximate surface area is 122 Å². The van der Waals surface area contributed by atoms with Crippen molar-refractivity contribution in [3.05, 3.63) is 24.3 Å². The highest BCUT2D eigenvalue weighted by atomic mass is 35.5. The Morgan fingerprint density at radius 1 is 1.30 bits per heavy atom. The summed E-state index contributed by atoms with van der Waals surface area (Å²) in [4.78, 5) is -0.362. The van der Waals surface area contributed by atoms with Crippen LogP contribution in [0.15, 0.2) is 29.2 Å². The van der Waals surface area contributed by atoms with E-state index in [1.807, 2.05) is 0 Å². The van der Waals surface area contributed by atoms with Crippen molar-refractivity contribution in [1.82, 2.24) is 0 Å². The lowest BCUT2D eigenvalue weighted by Gasteiger charge is -2.17. The second-order valence-electron chi connectivity index (χ2n) is 4.89. The van der Waals surface area contributed by atoms with Crippen molar-refractivity contribution in [2.75, 3.05) is 11.9 Å². The van der Waals surface area contributed by atoms with E-state index >= 15 is 0 Å². The Morgan fingerprint density at radius 2 is 2.00 bits per heavy atom. The highest BCUT2D eigenvalue weighted by molar-refractivity contribution is 7.91. The molecule has 20 heavy (non-hydrogen) atoms. The zero-order valence-corrected chi connectivity index (χ0v) is 12.3. The molecule has 0 spiro atoms. The largest absolute Gasteiger partial charge is 0.384 e. The molecule has 1 aromatic rings. The standard InChI is InChI=1S/C13H16ClF2NO2S/c14-10-5-3-4-9(10)8-17-11-6-1-2-7-12(11)20(18,19)13(15)16/h1-2,6-7,9-10,13,17H,3-5,8H2. The minimum Gasteiger partial charge on any atom is -0.384 e. The van der Waals surface area contributed by atoms with Gasteiger partial charge in [-0.05, 0) is 30.9 Å². The summed E-state index contributed by atoms with van der Waals surface area (Å²) in [7, 11) is -4.60. The first kappa shape index (κ1) is 15.5. The number of benzene rings is 1. The Morgan fingerprint density at radius 3 is 2.60 bits per heavy atom. The first-order valence-electron chi connectivity index (χ1n) is 6.42. The van der Waals surface area contributed by atoms with Gasteiger partial charge in [-0.25, -0.2) is 8.42 Å². The van der Waals surface area contributed by atoms with Crippen LogP contribution in [0.25, 0.3) is 0 Å². The van der Waals surface area contributed by atoms with Gasteiger partial charge in [-0.2, -0.15) is 8.78 Å². The van der Waals surface area contributed by atoms with Gasteiger partial charge in [0, 0.05) is 11.9 Å². The number of rotatable bonds is 5. The minimum absolute atomic E-state index is 0.0568. The summed E-state index contributed by atoms with van der Waals surface area (Å²) in [5, 5.41) is 3.01. The maximum atomic E-state index is 12.6. The van der Waals surface area contributed by atoms with E-state index in [0.717, 1.165) is 19.3 Å². The Hall–Kier alpha value is -0.880. The normalized spacial score (nSPS) is 23.2. The third-order valence-electron chi connectivity index (χ3n) is 3.55. The maximum Gasteiger partial charge on any atom is 0.341 e. The average molecular weight is 324 g/mol. The lowest BCUT2D eigenvalue weighted by atomic mass is 10.1. The molecule has 0 heterocycles. The third-order valence-corrected chi connectivity index (χ3v) is 5.56. The molecule has 0 radical (unpaired) electrons. The van der Waals surface area contributed by atoms with Crippen molar-refractivity contribution >= 4 is 27.1 Å². The molecule has 0 saturated heterocycles. The first-order valence-corrected chi connectivity index (χ1v) is 8.40. The van der Waals surface area contributed by atoms with E-state index in [-0.39, 0.29) is 21.9 Å². The minimum atomic E-state index is -4.60. The van der Waals surface area contributed by atoms with Crippen LogP contribution in [-0.4, -0.2) is 26.1 Å². The predicted octanol–water partition coefficient (Wildman–Crippen LogP) is 3.50. The lowest BCUT2D eigenvalue weighted by Crippen LogP contribution is -2.20. The maximum absolute atomic E-state index is 12.6. The number of anilines is 1. The quantitative estimate of drug-likeness (QED) is 0.844. The number of halogens is 3. The van der Waals surface area contributed by atoms with Crippen LogP contribution in [0.5, 0.6) is 0 Å². The van der Waals surface area contributed by atoms with Gasteiger partial charge in [0.25, 0.3) is 0 Å². The Bertz CT molecular complexity index is 565. The molecule has 2 rings (SSSR count). The molecule has 3 nitrogen and oxygen atoms in total. The van der Waals surface area contributed by atoms with Crippen LogP contribution >= 0.6 is 11.6 Å². The van der Waals surface area contributed by atoms with Crippen molar-refractivity contribution in [3.8, 4) is 0 Å². The molecule has 0 bridgehead atoms. The molecule has 1 aliphatic rings. The molecule has 1 N–H and O–H groups in total. The number of nitrogens with one attached hydrogen (secondary N) is 1. The fraction of sp³-hybridized carbons (Fsp3) is 0.538. The monoisotopic (exact) mass is 323 g/mol. The third kappa shape index (κ3) is 3.23. The van der Waals surface area contributed by atoms with E-state index in [9.17, 15) is 17.2 Å². The predicted molar refractivity (Wildman–Crippen MR) is 75.1 cm³/mol. The number of alkyl halides is 3. The number of hydrogen-bond acceptors (Lipinski definition) is 3. The first-order chi connectivity index (χ1) is 9.43. The van der Waals surface area contributed by atoms with Gasteiger partial charge in [-0.15, -0.1) is 11.6 Å². The van der Waals surface area contributed by atoms with Crippen molar-refractivity contribution in [2.45, 2.75) is 35.3 Å². The van der Waals surface area contributed by atoms with E-state index in [1.165, 1.54) is 18.2 Å². The van der Waals surface area contributed by atoms with Crippen LogP contribution in [0, 0.1) is 5.92 Å². The van der Waals surface area contributed by atoms with Crippen LogP contribution in [0.2, 0.25) is 0 Å². The van der Waals surface area contributed by atoms with Gasteiger partial charge in [0.05, 0.1) is 10.6 Å². The number of para-hydroxylation sites is 1. The molecule has 1 aliphatic carbocycles. The van der Waals surface area contributed by atoms with Crippen LogP contribution in [0.4, 0.5) is 14.5 Å². The van der Waals surface area contributed by atoms with E-state index < -0.39 is 15.6 Å². The van der Waals surface area contributed by atoms with Crippen LogP contribution in [0.3, 0.4) is 0 Å². The summed E-state index contributed by atoms with van der Waals surface area (Å²) in [5.74, 6) is -3.18. The molecule has 7 heteroatoms. The summed E-state index contributed by atoms with van der Waals surface area (Å²) in [6.07, 6.45) is 2.94. The highest BCUT2D eigenvalue weighted by Crippen LogP contribution is 2.31. The van der Waals surface area contributed by atoms with Crippen molar-refractivity contribution < 1.29 is 17.2 Å². The fourth-order valence-corrected chi connectivity index (χ4v) is 3.70. The molecule has 112 valence electrons. The average Bonchev–Trinajstić information content (AvgIpc) is 2.82. The zero-order chi connectivity index (χ0) is 14.8. The van der Waals surface area contributed by atoms with Crippen molar-refractivity contribution in [2.24, 2.45) is 5.92 Å². The van der Waals surface area contributed by atoms with Crippen molar-refractivity contribution in [1.29, 1.82) is 0 Å². The summed E-state index contributed by atoms with van der Waals surface area (Å²) in [6, 6.07) is 5.73. The van der Waals surface area contributed by atoms with Gasteiger partial charge in [0.2, 0.25) is 9.84 Å². The van der Waals surface area contributed by atoms with E-state index in [2.05, 4.69) is 5.32 Å². The van der Waals surface area contributed by atoms with Gasteiger partial charge in [0.15, 0.2) is 0 Å².